The van der Waals surface area contributed by atoms with E-state index in [-0.39, 0.29) is 0 Å². The summed E-state index contributed by atoms with van der Waals surface area (Å²) in [5.41, 5.74) is 9.55. The van der Waals surface area contributed by atoms with Crippen molar-refractivity contribution in [3.8, 4) is 0 Å². The summed E-state index contributed by atoms with van der Waals surface area (Å²) < 4.78 is 0. The Bertz CT molecular complexity index is 777. The van der Waals surface area contributed by atoms with E-state index in [1.807, 2.05) is 54.6 Å². The minimum absolute atomic E-state index is 0.672. The minimum Gasteiger partial charge on any atom is -0.396 e. The van der Waals surface area contributed by atoms with Crippen LogP contribution in [0.25, 0.3) is 10.8 Å². The van der Waals surface area contributed by atoms with Crippen molar-refractivity contribution in [1.29, 1.82) is 0 Å². The van der Waals surface area contributed by atoms with Crippen LogP contribution in [0.5, 0.6) is 0 Å². The largest absolute Gasteiger partial charge is 0.396 e. The van der Waals surface area contributed by atoms with Crippen molar-refractivity contribution in [3.05, 3.63) is 66.2 Å². The Labute approximate surface area is 117 Å². The van der Waals surface area contributed by atoms with Crippen LogP contribution in [0.15, 0.2) is 70.9 Å². The molecule has 0 saturated heterocycles. The molecule has 0 radical (unpaired) electrons. The van der Waals surface area contributed by atoms with Gasteiger partial charge in [0.05, 0.1) is 11.4 Å². The second-order valence-electron chi connectivity index (χ2n) is 4.71. The number of aryl methyl sites for hydroxylation is 1. The molecule has 3 aromatic rings. The number of azo groups is 1. The van der Waals surface area contributed by atoms with E-state index in [4.69, 9.17) is 5.73 Å². The molecule has 3 aromatic carbocycles. The molecule has 0 saturated carbocycles. The Morgan fingerprint density at radius 3 is 2.20 bits per heavy atom. The van der Waals surface area contributed by atoms with Gasteiger partial charge in [-0.15, -0.1) is 5.11 Å². The Morgan fingerprint density at radius 2 is 1.45 bits per heavy atom. The maximum Gasteiger partial charge on any atom is 0.109 e. The highest BCUT2D eigenvalue weighted by molar-refractivity contribution is 6.00. The third kappa shape index (κ3) is 2.26. The van der Waals surface area contributed by atoms with Gasteiger partial charge >= 0.3 is 0 Å². The number of rotatable bonds is 2. The van der Waals surface area contributed by atoms with E-state index in [2.05, 4.69) is 23.2 Å². The highest BCUT2D eigenvalue weighted by Gasteiger charge is 2.06. The lowest BCUT2D eigenvalue weighted by Gasteiger charge is -2.07. The number of benzene rings is 3. The molecule has 0 amide bonds. The Morgan fingerprint density at radius 1 is 0.800 bits per heavy atom. The fourth-order valence-electron chi connectivity index (χ4n) is 2.25. The van der Waals surface area contributed by atoms with E-state index in [0.29, 0.717) is 11.4 Å². The average Bonchev–Trinajstić information content (AvgIpc) is 2.50. The predicted molar refractivity (Wildman–Crippen MR) is 83.7 cm³/mol. The van der Waals surface area contributed by atoms with Gasteiger partial charge in [-0.2, -0.15) is 5.11 Å². The molecule has 0 aromatic heterocycles. The highest BCUT2D eigenvalue weighted by Crippen LogP contribution is 2.34. The molecule has 0 aliphatic carbocycles. The Hall–Kier alpha value is -2.68. The summed E-state index contributed by atoms with van der Waals surface area (Å²) in [6.07, 6.45) is 0. The topological polar surface area (TPSA) is 50.7 Å². The van der Waals surface area contributed by atoms with Gasteiger partial charge in [0.1, 0.15) is 5.69 Å². The van der Waals surface area contributed by atoms with Gasteiger partial charge in [0, 0.05) is 5.39 Å². The molecule has 3 rings (SSSR count). The molecular formula is C17H15N3. The van der Waals surface area contributed by atoms with E-state index in [1.165, 1.54) is 0 Å². The van der Waals surface area contributed by atoms with E-state index in [1.54, 1.807) is 0 Å². The number of hydrogen-bond acceptors (Lipinski definition) is 3. The number of nitrogen functional groups attached to an aromatic ring is 1. The third-order valence-corrected chi connectivity index (χ3v) is 3.30. The number of nitrogens with zero attached hydrogens (tertiary/aromatic N) is 2. The molecule has 0 aliphatic heterocycles. The quantitative estimate of drug-likeness (QED) is 0.503. The second kappa shape index (κ2) is 5.13. The maximum atomic E-state index is 6.20. The first kappa shape index (κ1) is 12.4. The SMILES string of the molecule is Cc1cc(N=Nc2ccccc2)c(N)c2ccccc12. The molecule has 3 heteroatoms. The van der Waals surface area contributed by atoms with E-state index >= 15 is 0 Å². The fraction of sp³-hybridized carbons (Fsp3) is 0.0588. The monoisotopic (exact) mass is 261 g/mol. The number of nitrogens with two attached hydrogens (primary N) is 1. The zero-order valence-electron chi connectivity index (χ0n) is 11.2. The summed E-state index contributed by atoms with van der Waals surface area (Å²) in [5, 5.41) is 10.7. The first-order valence-corrected chi connectivity index (χ1v) is 6.50. The number of anilines is 1. The molecule has 98 valence electrons. The van der Waals surface area contributed by atoms with Gasteiger partial charge < -0.3 is 5.73 Å². The van der Waals surface area contributed by atoms with Crippen LogP contribution in [-0.2, 0) is 0 Å². The third-order valence-electron chi connectivity index (χ3n) is 3.30. The standard InChI is InChI=1S/C17H15N3/c1-12-11-16(20-19-13-7-3-2-4-8-13)17(18)15-10-6-5-9-14(12)15/h2-11H,18H2,1H3. The van der Waals surface area contributed by atoms with Gasteiger partial charge in [0.2, 0.25) is 0 Å². The van der Waals surface area contributed by atoms with Crippen LogP contribution in [0.2, 0.25) is 0 Å². The molecule has 20 heavy (non-hydrogen) atoms. The van der Waals surface area contributed by atoms with Crippen LogP contribution in [0.1, 0.15) is 5.56 Å². The van der Waals surface area contributed by atoms with Crippen molar-refractivity contribution in [2.24, 2.45) is 10.2 Å². The van der Waals surface area contributed by atoms with Crippen LogP contribution in [0.3, 0.4) is 0 Å². The lowest BCUT2D eigenvalue weighted by molar-refractivity contribution is 1.23. The summed E-state index contributed by atoms with van der Waals surface area (Å²) in [7, 11) is 0. The van der Waals surface area contributed by atoms with E-state index in [0.717, 1.165) is 22.0 Å². The second-order valence-corrected chi connectivity index (χ2v) is 4.71. The Kier molecular flexibility index (Phi) is 3.17. The summed E-state index contributed by atoms with van der Waals surface area (Å²) in [5.74, 6) is 0. The normalized spacial score (nSPS) is 11.2. The van der Waals surface area contributed by atoms with Crippen LogP contribution in [0.4, 0.5) is 17.1 Å². The molecule has 0 bridgehead atoms. The van der Waals surface area contributed by atoms with Crippen molar-refractivity contribution >= 4 is 27.8 Å². The van der Waals surface area contributed by atoms with Gasteiger partial charge in [-0.1, -0.05) is 42.5 Å². The zero-order valence-corrected chi connectivity index (χ0v) is 11.2. The maximum absolute atomic E-state index is 6.20. The first-order valence-electron chi connectivity index (χ1n) is 6.50. The van der Waals surface area contributed by atoms with Crippen molar-refractivity contribution in [1.82, 2.24) is 0 Å². The molecule has 3 nitrogen and oxygen atoms in total. The average molecular weight is 261 g/mol. The van der Waals surface area contributed by atoms with Crippen molar-refractivity contribution in [2.45, 2.75) is 6.92 Å². The molecule has 0 spiro atoms. The van der Waals surface area contributed by atoms with E-state index < -0.39 is 0 Å². The predicted octanol–water partition coefficient (Wildman–Crippen LogP) is 5.15. The van der Waals surface area contributed by atoms with Gasteiger partial charge in [-0.05, 0) is 36.1 Å². The summed E-state index contributed by atoms with van der Waals surface area (Å²) >= 11 is 0. The Balaban J connectivity index is 2.09. The molecule has 0 atom stereocenters. The number of fused-ring (bicyclic) bond motifs is 1. The lowest BCUT2D eigenvalue weighted by Crippen LogP contribution is -1.89. The summed E-state index contributed by atoms with van der Waals surface area (Å²) in [6, 6.07) is 19.7. The molecular weight excluding hydrogens is 246 g/mol. The minimum atomic E-state index is 0.672. The van der Waals surface area contributed by atoms with Crippen LogP contribution < -0.4 is 5.73 Å². The number of hydrogen-bond donors (Lipinski definition) is 1. The zero-order chi connectivity index (χ0) is 13.9. The van der Waals surface area contributed by atoms with Crippen molar-refractivity contribution in [2.75, 3.05) is 5.73 Å². The highest BCUT2D eigenvalue weighted by atomic mass is 15.1. The molecule has 0 aliphatic rings. The smallest absolute Gasteiger partial charge is 0.109 e. The molecule has 0 unspecified atom stereocenters. The van der Waals surface area contributed by atoms with Crippen LogP contribution in [0, 0.1) is 6.92 Å². The van der Waals surface area contributed by atoms with Gasteiger partial charge in [-0.25, -0.2) is 0 Å². The first-order chi connectivity index (χ1) is 9.75. The molecule has 0 heterocycles. The summed E-state index contributed by atoms with van der Waals surface area (Å²) in [4.78, 5) is 0. The van der Waals surface area contributed by atoms with Crippen molar-refractivity contribution in [3.63, 3.8) is 0 Å². The lowest BCUT2D eigenvalue weighted by atomic mass is 10.0. The summed E-state index contributed by atoms with van der Waals surface area (Å²) in [6.45, 7) is 2.06. The van der Waals surface area contributed by atoms with Gasteiger partial charge in [-0.3, -0.25) is 0 Å². The molecule has 2 N–H and O–H groups in total. The van der Waals surface area contributed by atoms with Crippen LogP contribution in [-0.4, -0.2) is 0 Å². The fourth-order valence-corrected chi connectivity index (χ4v) is 2.25. The molecule has 0 fully saturated rings. The van der Waals surface area contributed by atoms with Crippen molar-refractivity contribution < 1.29 is 0 Å². The van der Waals surface area contributed by atoms with Gasteiger partial charge in [0.25, 0.3) is 0 Å². The van der Waals surface area contributed by atoms with E-state index in [9.17, 15) is 0 Å². The van der Waals surface area contributed by atoms with Crippen LogP contribution >= 0.6 is 0 Å². The van der Waals surface area contributed by atoms with Gasteiger partial charge in [0.15, 0.2) is 0 Å².